The number of carbonyl (C=O) groups excluding carboxylic acids is 1. The predicted octanol–water partition coefficient (Wildman–Crippen LogP) is 2.00. The minimum absolute atomic E-state index is 0.0579. The maximum Gasteiger partial charge on any atom is 0.255 e. The van der Waals surface area contributed by atoms with Crippen LogP contribution in [-0.4, -0.2) is 48.7 Å². The fourth-order valence-corrected chi connectivity index (χ4v) is 2.65. The highest BCUT2D eigenvalue weighted by atomic mass is 16.5. The van der Waals surface area contributed by atoms with Crippen LogP contribution >= 0.6 is 0 Å². The van der Waals surface area contributed by atoms with E-state index in [1.807, 2.05) is 0 Å². The molecule has 0 radical (unpaired) electrons. The molecule has 5 nitrogen and oxygen atoms in total. The average Bonchev–Trinajstić information content (AvgIpc) is 2.52. The number of nitrogens with one attached hydrogen (secondary N) is 1. The fourth-order valence-electron chi connectivity index (χ4n) is 2.65. The Labute approximate surface area is 125 Å². The zero-order chi connectivity index (χ0) is 15.2. The van der Waals surface area contributed by atoms with E-state index >= 15 is 0 Å². The molecule has 5 heteroatoms. The zero-order valence-electron chi connectivity index (χ0n) is 12.8. The number of nitrogens with zero attached hydrogens (tertiary/aromatic N) is 1. The fraction of sp³-hybridized carbons (Fsp3) is 0.562. The van der Waals surface area contributed by atoms with Crippen LogP contribution in [0.25, 0.3) is 0 Å². The molecule has 2 rings (SSSR count). The highest BCUT2D eigenvalue weighted by Crippen LogP contribution is 2.23. The van der Waals surface area contributed by atoms with E-state index in [2.05, 4.69) is 17.1 Å². The lowest BCUT2D eigenvalue weighted by atomic mass is 10.1. The molecule has 0 saturated carbocycles. The largest absolute Gasteiger partial charge is 0.507 e. The van der Waals surface area contributed by atoms with Crippen molar-refractivity contribution in [2.24, 2.45) is 0 Å². The molecule has 1 aliphatic heterocycles. The molecular weight excluding hydrogens is 268 g/mol. The van der Waals surface area contributed by atoms with Crippen molar-refractivity contribution in [2.45, 2.75) is 32.2 Å². The second-order valence-electron chi connectivity index (χ2n) is 5.54. The number of carbonyl (C=O) groups is 1. The number of hydrogen-bond acceptors (Lipinski definition) is 4. The monoisotopic (exact) mass is 292 g/mol. The number of rotatable bonds is 5. The van der Waals surface area contributed by atoms with Gasteiger partial charge in [-0.3, -0.25) is 9.69 Å². The molecule has 1 atom stereocenters. The van der Waals surface area contributed by atoms with E-state index in [1.54, 1.807) is 12.1 Å². The Bertz CT molecular complexity index is 484. The highest BCUT2D eigenvalue weighted by molar-refractivity contribution is 5.97. The van der Waals surface area contributed by atoms with Gasteiger partial charge in [0.1, 0.15) is 11.5 Å². The summed E-state index contributed by atoms with van der Waals surface area (Å²) in [6, 6.07) is 5.01. The number of hydrogen-bond donors (Lipinski definition) is 2. The molecule has 1 aromatic rings. The first-order chi connectivity index (χ1) is 10.1. The highest BCUT2D eigenvalue weighted by Gasteiger charge is 2.18. The molecule has 1 heterocycles. The number of amides is 1. The predicted molar refractivity (Wildman–Crippen MR) is 81.9 cm³/mol. The molecule has 0 spiro atoms. The standard InChI is InChI=1S/C16H24N2O3/c1-12(18-8-4-3-5-9-18)11-17-16(20)14-7-6-13(21-2)10-15(14)19/h6-7,10,12,19H,3-5,8-9,11H2,1-2H3,(H,17,20). The summed E-state index contributed by atoms with van der Waals surface area (Å²) < 4.78 is 5.01. The number of likely N-dealkylation sites (tertiary alicyclic amines) is 1. The quantitative estimate of drug-likeness (QED) is 0.871. The third-order valence-corrected chi connectivity index (χ3v) is 4.02. The number of methoxy groups -OCH3 is 1. The van der Waals surface area contributed by atoms with Crippen molar-refractivity contribution >= 4 is 5.91 Å². The third-order valence-electron chi connectivity index (χ3n) is 4.02. The van der Waals surface area contributed by atoms with Crippen LogP contribution in [0.2, 0.25) is 0 Å². The van der Waals surface area contributed by atoms with E-state index in [4.69, 9.17) is 4.74 Å². The molecule has 1 unspecified atom stereocenters. The molecule has 2 N–H and O–H groups in total. The molecule has 1 saturated heterocycles. The lowest BCUT2D eigenvalue weighted by molar-refractivity contribution is 0.0927. The number of ether oxygens (including phenoxy) is 1. The molecule has 21 heavy (non-hydrogen) atoms. The van der Waals surface area contributed by atoms with Crippen molar-refractivity contribution in [2.75, 3.05) is 26.7 Å². The molecule has 1 aliphatic rings. The van der Waals surface area contributed by atoms with Gasteiger partial charge in [0.15, 0.2) is 0 Å². The van der Waals surface area contributed by atoms with Gasteiger partial charge in [-0.1, -0.05) is 6.42 Å². The number of aromatic hydroxyl groups is 1. The number of phenols is 1. The average molecular weight is 292 g/mol. The van der Waals surface area contributed by atoms with Gasteiger partial charge in [0.05, 0.1) is 12.7 Å². The van der Waals surface area contributed by atoms with Gasteiger partial charge < -0.3 is 15.2 Å². The Morgan fingerprint density at radius 1 is 1.38 bits per heavy atom. The number of phenolic OH excluding ortho intramolecular Hbond substituents is 1. The summed E-state index contributed by atoms with van der Waals surface area (Å²) in [5, 5.41) is 12.7. The Morgan fingerprint density at radius 2 is 2.10 bits per heavy atom. The van der Waals surface area contributed by atoms with Crippen molar-refractivity contribution in [1.82, 2.24) is 10.2 Å². The Balaban J connectivity index is 1.89. The molecule has 116 valence electrons. The van der Waals surface area contributed by atoms with Gasteiger partial charge in [-0.25, -0.2) is 0 Å². The van der Waals surface area contributed by atoms with Gasteiger partial charge >= 0.3 is 0 Å². The molecule has 0 aromatic heterocycles. The van der Waals surface area contributed by atoms with Gasteiger partial charge in [0, 0.05) is 18.7 Å². The van der Waals surface area contributed by atoms with Crippen LogP contribution < -0.4 is 10.1 Å². The van der Waals surface area contributed by atoms with E-state index in [-0.39, 0.29) is 17.2 Å². The molecule has 1 aromatic carbocycles. The first-order valence-corrected chi connectivity index (χ1v) is 7.51. The Hall–Kier alpha value is -1.75. The second-order valence-corrected chi connectivity index (χ2v) is 5.54. The van der Waals surface area contributed by atoms with Crippen LogP contribution in [0.5, 0.6) is 11.5 Å². The van der Waals surface area contributed by atoms with E-state index in [9.17, 15) is 9.90 Å². The molecule has 0 bridgehead atoms. The van der Waals surface area contributed by atoms with Crippen molar-refractivity contribution in [3.63, 3.8) is 0 Å². The van der Waals surface area contributed by atoms with Crippen LogP contribution in [0, 0.1) is 0 Å². The first kappa shape index (κ1) is 15.6. The van der Waals surface area contributed by atoms with Crippen LogP contribution in [0.1, 0.15) is 36.5 Å². The summed E-state index contributed by atoms with van der Waals surface area (Å²) in [4.78, 5) is 14.5. The Kier molecular flexibility index (Phi) is 5.44. The third kappa shape index (κ3) is 4.11. The normalized spacial score (nSPS) is 17.2. The SMILES string of the molecule is COc1ccc(C(=O)NCC(C)N2CCCCC2)c(O)c1. The molecule has 1 amide bonds. The number of benzene rings is 1. The molecule has 1 fully saturated rings. The maximum atomic E-state index is 12.1. The van der Waals surface area contributed by atoms with Crippen LogP contribution in [0.3, 0.4) is 0 Å². The van der Waals surface area contributed by atoms with Crippen LogP contribution in [0.15, 0.2) is 18.2 Å². The van der Waals surface area contributed by atoms with Gasteiger partial charge in [-0.05, 0) is 45.0 Å². The zero-order valence-corrected chi connectivity index (χ0v) is 12.8. The summed E-state index contributed by atoms with van der Waals surface area (Å²) in [6.07, 6.45) is 3.77. The van der Waals surface area contributed by atoms with Gasteiger partial charge in [0.25, 0.3) is 5.91 Å². The maximum absolute atomic E-state index is 12.1. The summed E-state index contributed by atoms with van der Waals surface area (Å²) >= 11 is 0. The smallest absolute Gasteiger partial charge is 0.255 e. The van der Waals surface area contributed by atoms with E-state index in [0.717, 1.165) is 13.1 Å². The van der Waals surface area contributed by atoms with E-state index < -0.39 is 0 Å². The van der Waals surface area contributed by atoms with Gasteiger partial charge in [0.2, 0.25) is 0 Å². The molecular formula is C16H24N2O3. The van der Waals surface area contributed by atoms with Crippen molar-refractivity contribution in [3.05, 3.63) is 23.8 Å². The lowest BCUT2D eigenvalue weighted by Crippen LogP contribution is -2.44. The first-order valence-electron chi connectivity index (χ1n) is 7.51. The van der Waals surface area contributed by atoms with Crippen LogP contribution in [0.4, 0.5) is 0 Å². The van der Waals surface area contributed by atoms with Crippen molar-refractivity contribution < 1.29 is 14.6 Å². The number of piperidine rings is 1. The summed E-state index contributed by atoms with van der Waals surface area (Å²) in [5.41, 5.74) is 0.279. The van der Waals surface area contributed by atoms with Crippen molar-refractivity contribution in [3.8, 4) is 11.5 Å². The minimum Gasteiger partial charge on any atom is -0.507 e. The van der Waals surface area contributed by atoms with Gasteiger partial charge in [-0.2, -0.15) is 0 Å². The summed E-state index contributed by atoms with van der Waals surface area (Å²) in [6.45, 7) is 4.92. The minimum atomic E-state index is -0.251. The summed E-state index contributed by atoms with van der Waals surface area (Å²) in [7, 11) is 1.52. The van der Waals surface area contributed by atoms with Gasteiger partial charge in [-0.15, -0.1) is 0 Å². The Morgan fingerprint density at radius 3 is 2.71 bits per heavy atom. The van der Waals surface area contributed by atoms with Crippen LogP contribution in [-0.2, 0) is 0 Å². The second kappa shape index (κ2) is 7.31. The van der Waals surface area contributed by atoms with Crippen molar-refractivity contribution in [1.29, 1.82) is 0 Å². The topological polar surface area (TPSA) is 61.8 Å². The van der Waals surface area contributed by atoms with E-state index in [0.29, 0.717) is 18.3 Å². The molecule has 0 aliphatic carbocycles. The lowest BCUT2D eigenvalue weighted by Gasteiger charge is -2.32. The van der Waals surface area contributed by atoms with E-state index in [1.165, 1.54) is 32.4 Å². The summed E-state index contributed by atoms with van der Waals surface area (Å²) in [5.74, 6) is 0.224.